The van der Waals surface area contributed by atoms with Crippen LogP contribution in [0.15, 0.2) is 24.4 Å². The zero-order chi connectivity index (χ0) is 16.5. The van der Waals surface area contributed by atoms with Gasteiger partial charge in [-0.2, -0.15) is 0 Å². The number of hydrogen-bond donors (Lipinski definition) is 0. The van der Waals surface area contributed by atoms with Crippen LogP contribution < -0.4 is 0 Å². The first-order valence-electron chi connectivity index (χ1n) is 7.32. The lowest BCUT2D eigenvalue weighted by Gasteiger charge is -2.12. The molecular weight excluding hydrogens is 298 g/mol. The number of benzene rings is 1. The Hall–Kier alpha value is -1.37. The van der Waals surface area contributed by atoms with E-state index in [0.717, 1.165) is 29.4 Å². The highest BCUT2D eigenvalue weighted by atomic mass is 32.2. The number of hydrogen-bond acceptors (Lipinski definition) is 3. The molecule has 0 aliphatic carbocycles. The molecule has 0 bridgehead atoms. The molecular formula is C16H25N3O2S. The van der Waals surface area contributed by atoms with E-state index < -0.39 is 10.0 Å². The molecule has 6 heteroatoms. The van der Waals surface area contributed by atoms with Crippen LogP contribution in [0.1, 0.15) is 11.1 Å². The minimum atomic E-state index is -3.23. The van der Waals surface area contributed by atoms with Crippen molar-refractivity contribution in [1.82, 2.24) is 13.8 Å². The SMILES string of the molecule is CN(C)CCc1cn(C)c2ccc(CS(=O)(=O)N(C)C)cc12. The molecule has 0 saturated heterocycles. The number of fused-ring (bicyclic) bond motifs is 1. The van der Waals surface area contributed by atoms with Gasteiger partial charge in [0.1, 0.15) is 0 Å². The Morgan fingerprint density at radius 2 is 1.82 bits per heavy atom. The fourth-order valence-corrected chi connectivity index (χ4v) is 3.35. The number of aromatic nitrogens is 1. The van der Waals surface area contributed by atoms with Crippen molar-refractivity contribution in [3.8, 4) is 0 Å². The molecule has 5 nitrogen and oxygen atoms in total. The van der Waals surface area contributed by atoms with Gasteiger partial charge in [-0.1, -0.05) is 6.07 Å². The highest BCUT2D eigenvalue weighted by molar-refractivity contribution is 7.88. The summed E-state index contributed by atoms with van der Waals surface area (Å²) in [5.41, 5.74) is 3.23. The maximum absolute atomic E-state index is 12.1. The highest BCUT2D eigenvalue weighted by Crippen LogP contribution is 2.24. The van der Waals surface area contributed by atoms with Crippen molar-refractivity contribution in [2.45, 2.75) is 12.2 Å². The van der Waals surface area contributed by atoms with E-state index in [1.165, 1.54) is 9.87 Å². The third kappa shape index (κ3) is 3.69. The van der Waals surface area contributed by atoms with Crippen LogP contribution in [0.4, 0.5) is 0 Å². The lowest BCUT2D eigenvalue weighted by molar-refractivity contribution is 0.414. The zero-order valence-electron chi connectivity index (χ0n) is 14.0. The van der Waals surface area contributed by atoms with Crippen LogP contribution in [0.2, 0.25) is 0 Å². The third-order valence-electron chi connectivity index (χ3n) is 3.87. The van der Waals surface area contributed by atoms with Crippen LogP contribution in [0.5, 0.6) is 0 Å². The summed E-state index contributed by atoms with van der Waals surface area (Å²) in [4.78, 5) is 2.15. The van der Waals surface area contributed by atoms with Gasteiger partial charge in [0, 0.05) is 44.8 Å². The Bertz CT molecular complexity index is 761. The molecule has 0 atom stereocenters. The minimum Gasteiger partial charge on any atom is -0.350 e. The summed E-state index contributed by atoms with van der Waals surface area (Å²) in [5.74, 6) is 0.0396. The third-order valence-corrected chi connectivity index (χ3v) is 5.68. The molecule has 0 N–H and O–H groups in total. The average Bonchev–Trinajstić information content (AvgIpc) is 2.72. The molecule has 0 aliphatic rings. The van der Waals surface area contributed by atoms with Gasteiger partial charge in [-0.05, 0) is 43.8 Å². The van der Waals surface area contributed by atoms with E-state index in [0.29, 0.717) is 0 Å². The Balaban J connectivity index is 2.38. The van der Waals surface area contributed by atoms with Gasteiger partial charge in [0.25, 0.3) is 0 Å². The molecule has 0 aliphatic heterocycles. The Kier molecular flexibility index (Phi) is 4.94. The molecule has 1 aromatic carbocycles. The van der Waals surface area contributed by atoms with Crippen LogP contribution in [-0.2, 0) is 29.2 Å². The van der Waals surface area contributed by atoms with Gasteiger partial charge in [0.05, 0.1) is 5.75 Å². The number of likely N-dealkylation sites (N-methyl/N-ethyl adjacent to an activating group) is 1. The van der Waals surface area contributed by atoms with Gasteiger partial charge in [0.15, 0.2) is 0 Å². The Morgan fingerprint density at radius 1 is 1.14 bits per heavy atom. The Morgan fingerprint density at radius 3 is 2.41 bits per heavy atom. The molecule has 1 heterocycles. The van der Waals surface area contributed by atoms with E-state index in [-0.39, 0.29) is 5.75 Å². The van der Waals surface area contributed by atoms with Gasteiger partial charge in [-0.25, -0.2) is 12.7 Å². The summed E-state index contributed by atoms with van der Waals surface area (Å²) in [6, 6.07) is 5.93. The van der Waals surface area contributed by atoms with E-state index in [2.05, 4.69) is 29.8 Å². The van der Waals surface area contributed by atoms with E-state index in [4.69, 9.17) is 0 Å². The summed E-state index contributed by atoms with van der Waals surface area (Å²) in [6.07, 6.45) is 3.09. The van der Waals surface area contributed by atoms with E-state index in [9.17, 15) is 8.42 Å². The summed E-state index contributed by atoms with van der Waals surface area (Å²) in [5, 5.41) is 1.15. The quantitative estimate of drug-likeness (QED) is 0.812. The van der Waals surface area contributed by atoms with Crippen molar-refractivity contribution in [2.24, 2.45) is 7.05 Å². The molecule has 2 rings (SSSR count). The van der Waals surface area contributed by atoms with Crippen LogP contribution in [0.25, 0.3) is 10.9 Å². The topological polar surface area (TPSA) is 45.6 Å². The molecule has 0 spiro atoms. The molecule has 0 fully saturated rings. The number of rotatable bonds is 6. The van der Waals surface area contributed by atoms with Crippen molar-refractivity contribution in [1.29, 1.82) is 0 Å². The van der Waals surface area contributed by atoms with E-state index in [1.54, 1.807) is 14.1 Å². The summed E-state index contributed by atoms with van der Waals surface area (Å²) >= 11 is 0. The standard InChI is InChI=1S/C16H25N3O2S/c1-17(2)9-8-14-11-19(5)16-7-6-13(10-15(14)16)12-22(20,21)18(3)4/h6-7,10-11H,8-9,12H2,1-5H3. The normalized spacial score (nSPS) is 12.7. The van der Waals surface area contributed by atoms with Crippen LogP contribution in [0, 0.1) is 0 Å². The van der Waals surface area contributed by atoms with Crippen LogP contribution >= 0.6 is 0 Å². The molecule has 22 heavy (non-hydrogen) atoms. The van der Waals surface area contributed by atoms with Crippen molar-refractivity contribution in [3.05, 3.63) is 35.5 Å². The molecule has 122 valence electrons. The van der Waals surface area contributed by atoms with Gasteiger partial charge in [-0.15, -0.1) is 0 Å². The van der Waals surface area contributed by atoms with Gasteiger partial charge < -0.3 is 9.47 Å². The minimum absolute atomic E-state index is 0.0396. The first kappa shape index (κ1) is 17.0. The molecule has 0 unspecified atom stereocenters. The predicted molar refractivity (Wildman–Crippen MR) is 91.5 cm³/mol. The lowest BCUT2D eigenvalue weighted by atomic mass is 10.1. The average molecular weight is 323 g/mol. The maximum atomic E-state index is 12.1. The largest absolute Gasteiger partial charge is 0.350 e. The van der Waals surface area contributed by atoms with Crippen molar-refractivity contribution >= 4 is 20.9 Å². The van der Waals surface area contributed by atoms with Crippen LogP contribution in [0.3, 0.4) is 0 Å². The zero-order valence-corrected chi connectivity index (χ0v) is 14.8. The van der Waals surface area contributed by atoms with E-state index in [1.807, 2.05) is 25.2 Å². The van der Waals surface area contributed by atoms with Gasteiger partial charge in [0.2, 0.25) is 10.0 Å². The molecule has 0 radical (unpaired) electrons. The molecule has 0 saturated carbocycles. The molecule has 2 aromatic rings. The van der Waals surface area contributed by atoms with Crippen LogP contribution in [-0.4, -0.2) is 56.9 Å². The predicted octanol–water partition coefficient (Wildman–Crippen LogP) is 1.67. The number of sulfonamides is 1. The summed E-state index contributed by atoms with van der Waals surface area (Å²) in [7, 11) is 6.04. The van der Waals surface area contributed by atoms with Crippen molar-refractivity contribution in [2.75, 3.05) is 34.7 Å². The summed E-state index contributed by atoms with van der Waals surface area (Å²) in [6.45, 7) is 0.972. The first-order valence-corrected chi connectivity index (χ1v) is 8.93. The fourth-order valence-electron chi connectivity index (χ4n) is 2.49. The highest BCUT2D eigenvalue weighted by Gasteiger charge is 2.16. The van der Waals surface area contributed by atoms with E-state index >= 15 is 0 Å². The summed E-state index contributed by atoms with van der Waals surface area (Å²) < 4.78 is 27.5. The first-order chi connectivity index (χ1) is 10.2. The Labute approximate surface area is 133 Å². The van der Waals surface area contributed by atoms with Crippen molar-refractivity contribution < 1.29 is 8.42 Å². The van der Waals surface area contributed by atoms with Gasteiger partial charge >= 0.3 is 0 Å². The number of aryl methyl sites for hydroxylation is 1. The lowest BCUT2D eigenvalue weighted by Crippen LogP contribution is -2.23. The monoisotopic (exact) mass is 323 g/mol. The second-order valence-corrected chi connectivity index (χ2v) is 8.39. The second kappa shape index (κ2) is 6.40. The number of nitrogens with zero attached hydrogens (tertiary/aromatic N) is 3. The molecule has 1 aromatic heterocycles. The fraction of sp³-hybridized carbons (Fsp3) is 0.500. The second-order valence-electron chi connectivity index (χ2n) is 6.21. The smallest absolute Gasteiger partial charge is 0.217 e. The maximum Gasteiger partial charge on any atom is 0.217 e. The van der Waals surface area contributed by atoms with Gasteiger partial charge in [-0.3, -0.25) is 0 Å². The molecule has 0 amide bonds. The van der Waals surface area contributed by atoms with Crippen molar-refractivity contribution in [3.63, 3.8) is 0 Å².